The summed E-state index contributed by atoms with van der Waals surface area (Å²) >= 11 is 0. The van der Waals surface area contributed by atoms with Gasteiger partial charge < -0.3 is 14.4 Å². The van der Waals surface area contributed by atoms with Crippen molar-refractivity contribution in [2.75, 3.05) is 39.3 Å². The van der Waals surface area contributed by atoms with E-state index >= 15 is 0 Å². The standard InChI is InChI=1S/C13H16N2O4/c1-14-7-13(17)15(8-12(14)16)10-6-9(18-2)4-5-11(10)19-3/h4-6H,7-8H2,1-3H3. The molecule has 102 valence electrons. The molecule has 0 aromatic heterocycles. The van der Waals surface area contributed by atoms with E-state index in [9.17, 15) is 9.59 Å². The minimum absolute atomic E-state index is 0.0128. The van der Waals surface area contributed by atoms with Gasteiger partial charge >= 0.3 is 0 Å². The number of ether oxygens (including phenoxy) is 2. The van der Waals surface area contributed by atoms with E-state index in [1.165, 1.54) is 16.9 Å². The van der Waals surface area contributed by atoms with Gasteiger partial charge in [0.1, 0.15) is 18.0 Å². The minimum atomic E-state index is -0.145. The molecule has 1 heterocycles. The van der Waals surface area contributed by atoms with Crippen LogP contribution < -0.4 is 14.4 Å². The van der Waals surface area contributed by atoms with E-state index < -0.39 is 0 Å². The molecule has 1 saturated heterocycles. The third-order valence-electron chi connectivity index (χ3n) is 3.07. The summed E-state index contributed by atoms with van der Waals surface area (Å²) < 4.78 is 10.4. The van der Waals surface area contributed by atoms with E-state index in [4.69, 9.17) is 9.47 Å². The van der Waals surface area contributed by atoms with Gasteiger partial charge in [0.25, 0.3) is 0 Å². The molecule has 0 radical (unpaired) electrons. The van der Waals surface area contributed by atoms with Crippen molar-refractivity contribution in [1.82, 2.24) is 4.90 Å². The normalized spacial score (nSPS) is 15.7. The molecular formula is C13H16N2O4. The maximum Gasteiger partial charge on any atom is 0.247 e. The van der Waals surface area contributed by atoms with Gasteiger partial charge in [-0.1, -0.05) is 0 Å². The molecular weight excluding hydrogens is 248 g/mol. The first-order chi connectivity index (χ1) is 9.06. The van der Waals surface area contributed by atoms with Crippen molar-refractivity contribution in [1.29, 1.82) is 0 Å². The lowest BCUT2D eigenvalue weighted by atomic mass is 10.2. The molecule has 0 unspecified atom stereocenters. The fraction of sp³-hybridized carbons (Fsp3) is 0.385. The third-order valence-corrected chi connectivity index (χ3v) is 3.07. The highest BCUT2D eigenvalue weighted by atomic mass is 16.5. The quantitative estimate of drug-likeness (QED) is 0.798. The van der Waals surface area contributed by atoms with Gasteiger partial charge in [0, 0.05) is 13.1 Å². The summed E-state index contributed by atoms with van der Waals surface area (Å²) in [5.74, 6) is 0.889. The van der Waals surface area contributed by atoms with Crippen molar-refractivity contribution in [2.24, 2.45) is 0 Å². The number of carbonyl (C=O) groups excluding carboxylic acids is 2. The van der Waals surface area contributed by atoms with Crippen LogP contribution in [0.3, 0.4) is 0 Å². The van der Waals surface area contributed by atoms with Gasteiger partial charge in [0.05, 0.1) is 26.5 Å². The van der Waals surface area contributed by atoms with Crippen LogP contribution in [0, 0.1) is 0 Å². The van der Waals surface area contributed by atoms with Gasteiger partial charge in [0.2, 0.25) is 11.8 Å². The zero-order valence-corrected chi connectivity index (χ0v) is 11.2. The van der Waals surface area contributed by atoms with Crippen molar-refractivity contribution in [3.05, 3.63) is 18.2 Å². The Balaban J connectivity index is 2.39. The number of anilines is 1. The summed E-state index contributed by atoms with van der Waals surface area (Å²) in [4.78, 5) is 26.6. The predicted octanol–water partition coefficient (Wildman–Crippen LogP) is 0.509. The van der Waals surface area contributed by atoms with Crippen molar-refractivity contribution in [3.8, 4) is 11.5 Å². The van der Waals surface area contributed by atoms with Crippen LogP contribution in [0.5, 0.6) is 11.5 Å². The molecule has 0 N–H and O–H groups in total. The van der Waals surface area contributed by atoms with Crippen LogP contribution in [0.1, 0.15) is 0 Å². The van der Waals surface area contributed by atoms with E-state index in [0.717, 1.165) is 0 Å². The summed E-state index contributed by atoms with van der Waals surface area (Å²) in [6.45, 7) is 0.0814. The molecule has 2 amide bonds. The van der Waals surface area contributed by atoms with Gasteiger partial charge in [-0.05, 0) is 12.1 Å². The summed E-state index contributed by atoms with van der Waals surface area (Å²) in [7, 11) is 4.68. The molecule has 1 aliphatic rings. The third kappa shape index (κ3) is 2.47. The van der Waals surface area contributed by atoms with E-state index in [-0.39, 0.29) is 24.9 Å². The number of likely N-dealkylation sites (N-methyl/N-ethyl adjacent to an activating group) is 1. The number of benzene rings is 1. The number of amides is 2. The van der Waals surface area contributed by atoms with Crippen LogP contribution in [0.2, 0.25) is 0 Å². The first-order valence-electron chi connectivity index (χ1n) is 5.83. The maximum absolute atomic E-state index is 12.1. The van der Waals surface area contributed by atoms with Crippen molar-refractivity contribution in [2.45, 2.75) is 0 Å². The lowest BCUT2D eigenvalue weighted by molar-refractivity contribution is -0.136. The van der Waals surface area contributed by atoms with Gasteiger partial charge in [-0.15, -0.1) is 0 Å². The smallest absolute Gasteiger partial charge is 0.247 e. The number of carbonyl (C=O) groups is 2. The largest absolute Gasteiger partial charge is 0.497 e. The van der Waals surface area contributed by atoms with E-state index in [2.05, 4.69) is 0 Å². The van der Waals surface area contributed by atoms with Gasteiger partial charge in [-0.3, -0.25) is 14.5 Å². The average Bonchev–Trinajstić information content (AvgIpc) is 2.42. The number of piperazine rings is 1. The monoisotopic (exact) mass is 264 g/mol. The Labute approximate surface area is 111 Å². The highest BCUT2D eigenvalue weighted by Crippen LogP contribution is 2.33. The summed E-state index contributed by atoms with van der Waals surface area (Å²) in [5, 5.41) is 0. The van der Waals surface area contributed by atoms with Crippen LogP contribution in [-0.2, 0) is 9.59 Å². The molecule has 0 spiro atoms. The van der Waals surface area contributed by atoms with E-state index in [1.807, 2.05) is 0 Å². The van der Waals surface area contributed by atoms with E-state index in [1.54, 1.807) is 32.4 Å². The highest BCUT2D eigenvalue weighted by Gasteiger charge is 2.30. The molecule has 2 rings (SSSR count). The number of hydrogen-bond acceptors (Lipinski definition) is 4. The first kappa shape index (κ1) is 13.2. The Morgan fingerprint density at radius 3 is 2.42 bits per heavy atom. The number of hydrogen-bond donors (Lipinski definition) is 0. The van der Waals surface area contributed by atoms with Crippen LogP contribution in [0.15, 0.2) is 18.2 Å². The maximum atomic E-state index is 12.1. The molecule has 0 bridgehead atoms. The summed E-state index contributed by atoms with van der Waals surface area (Å²) in [6.07, 6.45) is 0. The predicted molar refractivity (Wildman–Crippen MR) is 69.5 cm³/mol. The zero-order chi connectivity index (χ0) is 14.0. The van der Waals surface area contributed by atoms with Crippen molar-refractivity contribution in [3.63, 3.8) is 0 Å². The molecule has 1 aromatic rings. The Hall–Kier alpha value is -2.24. The average molecular weight is 264 g/mol. The van der Waals surface area contributed by atoms with Crippen LogP contribution in [-0.4, -0.2) is 51.1 Å². The first-order valence-corrected chi connectivity index (χ1v) is 5.83. The van der Waals surface area contributed by atoms with E-state index in [0.29, 0.717) is 17.2 Å². The van der Waals surface area contributed by atoms with Gasteiger partial charge in [-0.25, -0.2) is 0 Å². The number of methoxy groups -OCH3 is 2. The molecule has 0 atom stereocenters. The second kappa shape index (κ2) is 5.17. The molecule has 1 fully saturated rings. The molecule has 1 aromatic carbocycles. The van der Waals surface area contributed by atoms with Crippen LogP contribution in [0.4, 0.5) is 5.69 Å². The fourth-order valence-electron chi connectivity index (χ4n) is 1.95. The second-order valence-electron chi connectivity index (χ2n) is 4.27. The second-order valence-corrected chi connectivity index (χ2v) is 4.27. The highest BCUT2D eigenvalue weighted by molar-refractivity contribution is 6.05. The van der Waals surface area contributed by atoms with Gasteiger partial charge in [-0.2, -0.15) is 0 Å². The molecule has 19 heavy (non-hydrogen) atoms. The topological polar surface area (TPSA) is 59.1 Å². The Morgan fingerprint density at radius 1 is 1.05 bits per heavy atom. The SMILES string of the molecule is COc1ccc(OC)c(N2CC(=O)N(C)CC2=O)c1. The number of nitrogens with zero attached hydrogens (tertiary/aromatic N) is 2. The molecule has 0 aliphatic carbocycles. The van der Waals surface area contributed by atoms with Gasteiger partial charge in [0.15, 0.2) is 0 Å². The molecule has 6 heteroatoms. The summed E-state index contributed by atoms with van der Waals surface area (Å²) in [6, 6.07) is 5.14. The summed E-state index contributed by atoms with van der Waals surface area (Å²) in [5.41, 5.74) is 0.549. The fourth-order valence-corrected chi connectivity index (χ4v) is 1.95. The van der Waals surface area contributed by atoms with Crippen LogP contribution >= 0.6 is 0 Å². The van der Waals surface area contributed by atoms with Crippen LogP contribution in [0.25, 0.3) is 0 Å². The zero-order valence-electron chi connectivity index (χ0n) is 11.2. The lowest BCUT2D eigenvalue weighted by Crippen LogP contribution is -2.52. The Bertz CT molecular complexity index is 515. The minimum Gasteiger partial charge on any atom is -0.497 e. The Kier molecular flexibility index (Phi) is 3.59. The molecule has 0 saturated carbocycles. The van der Waals surface area contributed by atoms with Crippen molar-refractivity contribution < 1.29 is 19.1 Å². The number of rotatable bonds is 3. The van der Waals surface area contributed by atoms with Crippen molar-refractivity contribution >= 4 is 17.5 Å². The lowest BCUT2D eigenvalue weighted by Gasteiger charge is -2.32. The molecule has 1 aliphatic heterocycles. The molecule has 6 nitrogen and oxygen atoms in total. The Morgan fingerprint density at radius 2 is 1.79 bits per heavy atom.